The summed E-state index contributed by atoms with van der Waals surface area (Å²) in [5, 5.41) is 29.4. The topological polar surface area (TPSA) is 96.1 Å². The number of morpholine rings is 1. The first kappa shape index (κ1) is 13.7. The number of ether oxygens (including phenoxy) is 1. The monoisotopic (exact) mass is 268 g/mol. The Morgan fingerprint density at radius 3 is 2.89 bits per heavy atom. The van der Waals surface area contributed by atoms with Crippen LogP contribution in [0.25, 0.3) is 0 Å². The van der Waals surface area contributed by atoms with Crippen LogP contribution in [0.2, 0.25) is 0 Å². The lowest BCUT2D eigenvalue weighted by Crippen LogP contribution is -2.48. The molecule has 0 amide bonds. The molecule has 0 aliphatic carbocycles. The molecular formula is C12H16N2O5. The van der Waals surface area contributed by atoms with Crippen molar-refractivity contribution in [2.45, 2.75) is 12.6 Å². The van der Waals surface area contributed by atoms with E-state index in [4.69, 9.17) is 4.74 Å². The maximum absolute atomic E-state index is 10.7. The molecule has 0 bridgehead atoms. The van der Waals surface area contributed by atoms with Crippen LogP contribution in [0.15, 0.2) is 18.2 Å². The number of nitrogens with zero attached hydrogens (tertiary/aromatic N) is 2. The number of nitro benzene ring substituents is 1. The molecule has 1 aromatic rings. The molecule has 19 heavy (non-hydrogen) atoms. The van der Waals surface area contributed by atoms with Gasteiger partial charge in [0.15, 0.2) is 0 Å². The molecule has 7 heteroatoms. The number of aliphatic hydroxyl groups is 2. The van der Waals surface area contributed by atoms with Crippen LogP contribution in [0, 0.1) is 10.1 Å². The number of hydrogen-bond donors (Lipinski definition) is 2. The van der Waals surface area contributed by atoms with Crippen molar-refractivity contribution in [1.82, 2.24) is 0 Å². The maximum Gasteiger partial charge on any atom is 0.269 e. The van der Waals surface area contributed by atoms with Gasteiger partial charge in [0.05, 0.1) is 37.4 Å². The predicted octanol–water partition coefficient (Wildman–Crippen LogP) is 0.285. The van der Waals surface area contributed by atoms with Gasteiger partial charge in [0, 0.05) is 29.9 Å². The van der Waals surface area contributed by atoms with Gasteiger partial charge in [-0.05, 0) is 6.07 Å². The molecule has 2 N–H and O–H groups in total. The van der Waals surface area contributed by atoms with E-state index in [-0.39, 0.29) is 24.9 Å². The molecule has 1 unspecified atom stereocenters. The van der Waals surface area contributed by atoms with Gasteiger partial charge in [0.1, 0.15) is 0 Å². The number of aliphatic hydroxyl groups excluding tert-OH is 2. The summed E-state index contributed by atoms with van der Waals surface area (Å²) in [5.41, 5.74) is 1.13. The first-order valence-corrected chi connectivity index (χ1v) is 6.00. The Morgan fingerprint density at radius 2 is 2.26 bits per heavy atom. The van der Waals surface area contributed by atoms with Crippen molar-refractivity contribution in [3.8, 4) is 0 Å². The summed E-state index contributed by atoms with van der Waals surface area (Å²) in [6.07, 6.45) is 0. The zero-order valence-electron chi connectivity index (χ0n) is 10.4. The molecule has 1 saturated heterocycles. The van der Waals surface area contributed by atoms with Crippen LogP contribution in [0.3, 0.4) is 0 Å². The largest absolute Gasteiger partial charge is 0.394 e. The van der Waals surface area contributed by atoms with Crippen molar-refractivity contribution >= 4 is 11.4 Å². The van der Waals surface area contributed by atoms with Crippen molar-refractivity contribution in [2.75, 3.05) is 31.3 Å². The molecular weight excluding hydrogens is 252 g/mol. The van der Waals surface area contributed by atoms with Gasteiger partial charge in [-0.2, -0.15) is 0 Å². The first-order valence-electron chi connectivity index (χ1n) is 6.00. The summed E-state index contributed by atoms with van der Waals surface area (Å²) in [6.45, 7) is 1.15. The van der Waals surface area contributed by atoms with Crippen molar-refractivity contribution in [1.29, 1.82) is 0 Å². The van der Waals surface area contributed by atoms with Crippen molar-refractivity contribution in [3.63, 3.8) is 0 Å². The zero-order chi connectivity index (χ0) is 13.8. The second-order valence-electron chi connectivity index (χ2n) is 4.33. The fourth-order valence-corrected chi connectivity index (χ4v) is 2.22. The Labute approximate surface area is 110 Å². The van der Waals surface area contributed by atoms with E-state index in [2.05, 4.69) is 0 Å². The van der Waals surface area contributed by atoms with Gasteiger partial charge in [-0.1, -0.05) is 0 Å². The Kier molecular flexibility index (Phi) is 4.31. The Hall–Kier alpha value is -1.70. The van der Waals surface area contributed by atoms with Gasteiger partial charge in [-0.15, -0.1) is 0 Å². The molecule has 1 heterocycles. The van der Waals surface area contributed by atoms with Gasteiger partial charge < -0.3 is 19.8 Å². The lowest BCUT2D eigenvalue weighted by Gasteiger charge is -2.37. The highest BCUT2D eigenvalue weighted by Gasteiger charge is 2.25. The van der Waals surface area contributed by atoms with E-state index in [1.165, 1.54) is 12.1 Å². The van der Waals surface area contributed by atoms with Gasteiger partial charge >= 0.3 is 0 Å². The summed E-state index contributed by atoms with van der Waals surface area (Å²) in [6, 6.07) is 4.18. The highest BCUT2D eigenvalue weighted by Crippen LogP contribution is 2.28. The van der Waals surface area contributed by atoms with Crippen LogP contribution in [0.4, 0.5) is 11.4 Å². The molecule has 0 saturated carbocycles. The van der Waals surface area contributed by atoms with Gasteiger partial charge in [0.25, 0.3) is 5.69 Å². The minimum absolute atomic E-state index is 0.0541. The van der Waals surface area contributed by atoms with Crippen LogP contribution >= 0.6 is 0 Å². The van der Waals surface area contributed by atoms with Crippen LogP contribution in [-0.4, -0.2) is 47.5 Å². The molecule has 1 aliphatic heterocycles. The fraction of sp³-hybridized carbons (Fsp3) is 0.500. The Morgan fingerprint density at radius 1 is 1.47 bits per heavy atom. The quantitative estimate of drug-likeness (QED) is 0.601. The van der Waals surface area contributed by atoms with Crippen LogP contribution in [0.5, 0.6) is 0 Å². The number of anilines is 1. The molecule has 0 aromatic heterocycles. The fourth-order valence-electron chi connectivity index (χ4n) is 2.22. The smallest absolute Gasteiger partial charge is 0.269 e. The maximum atomic E-state index is 10.7. The lowest BCUT2D eigenvalue weighted by molar-refractivity contribution is -0.384. The highest BCUT2D eigenvalue weighted by atomic mass is 16.6. The van der Waals surface area contributed by atoms with E-state index in [9.17, 15) is 20.3 Å². The summed E-state index contributed by atoms with van der Waals surface area (Å²) >= 11 is 0. The normalized spacial score (nSPS) is 19.5. The molecule has 104 valence electrons. The van der Waals surface area contributed by atoms with Crippen molar-refractivity contribution in [2.24, 2.45) is 0 Å². The minimum Gasteiger partial charge on any atom is -0.394 e. The third-order valence-corrected chi connectivity index (χ3v) is 3.19. The average molecular weight is 268 g/mol. The van der Waals surface area contributed by atoms with Crippen LogP contribution < -0.4 is 4.90 Å². The summed E-state index contributed by atoms with van der Waals surface area (Å²) in [7, 11) is 0. The van der Waals surface area contributed by atoms with E-state index >= 15 is 0 Å². The number of nitro groups is 1. The molecule has 1 fully saturated rings. The highest BCUT2D eigenvalue weighted by molar-refractivity contribution is 5.58. The molecule has 1 aliphatic rings. The number of hydrogen-bond acceptors (Lipinski definition) is 6. The second-order valence-corrected chi connectivity index (χ2v) is 4.33. The SMILES string of the molecule is O=[N+]([O-])c1ccc(N2CCOCC2CO)c(CO)c1. The lowest BCUT2D eigenvalue weighted by atomic mass is 10.1. The van der Waals surface area contributed by atoms with Crippen LogP contribution in [-0.2, 0) is 11.3 Å². The first-order chi connectivity index (χ1) is 9.17. The minimum atomic E-state index is -0.494. The molecule has 7 nitrogen and oxygen atoms in total. The Balaban J connectivity index is 2.34. The number of non-ortho nitro benzene ring substituents is 1. The van der Waals surface area contributed by atoms with Gasteiger partial charge in [-0.25, -0.2) is 0 Å². The third-order valence-electron chi connectivity index (χ3n) is 3.19. The zero-order valence-corrected chi connectivity index (χ0v) is 10.4. The molecule has 0 spiro atoms. The average Bonchev–Trinajstić information content (AvgIpc) is 2.46. The number of rotatable bonds is 4. The van der Waals surface area contributed by atoms with E-state index < -0.39 is 4.92 Å². The summed E-state index contributed by atoms with van der Waals surface area (Å²) < 4.78 is 5.29. The van der Waals surface area contributed by atoms with E-state index in [1.807, 2.05) is 4.90 Å². The van der Waals surface area contributed by atoms with E-state index in [0.29, 0.717) is 31.0 Å². The molecule has 2 rings (SSSR count). The van der Waals surface area contributed by atoms with Crippen LogP contribution in [0.1, 0.15) is 5.56 Å². The standard InChI is InChI=1S/C12H16N2O5/c15-6-9-5-10(14(17)18)1-2-12(9)13-3-4-19-8-11(13)7-16/h1-2,5,11,15-16H,3-4,6-8H2. The Bertz CT molecular complexity index is 465. The number of benzene rings is 1. The van der Waals surface area contributed by atoms with Crippen molar-refractivity contribution < 1.29 is 19.9 Å². The predicted molar refractivity (Wildman–Crippen MR) is 68.1 cm³/mol. The third kappa shape index (κ3) is 2.83. The molecule has 1 aromatic carbocycles. The summed E-state index contributed by atoms with van der Waals surface area (Å²) in [5.74, 6) is 0. The van der Waals surface area contributed by atoms with E-state index in [1.54, 1.807) is 6.07 Å². The van der Waals surface area contributed by atoms with Gasteiger partial charge in [0.2, 0.25) is 0 Å². The summed E-state index contributed by atoms with van der Waals surface area (Å²) in [4.78, 5) is 12.1. The molecule has 1 atom stereocenters. The molecule has 0 radical (unpaired) electrons. The second kappa shape index (κ2) is 5.96. The van der Waals surface area contributed by atoms with E-state index in [0.717, 1.165) is 0 Å². The van der Waals surface area contributed by atoms with Crippen molar-refractivity contribution in [3.05, 3.63) is 33.9 Å². The van der Waals surface area contributed by atoms with Gasteiger partial charge in [-0.3, -0.25) is 10.1 Å².